The molecule has 0 aromatic heterocycles. The largest absolute Gasteiger partial charge is 0.393 e. The van der Waals surface area contributed by atoms with E-state index in [4.69, 9.17) is 10.8 Å². The van der Waals surface area contributed by atoms with Crippen molar-refractivity contribution >= 4 is 5.91 Å². The Morgan fingerprint density at radius 3 is 2.60 bits per heavy atom. The van der Waals surface area contributed by atoms with E-state index in [1.165, 1.54) is 0 Å². The maximum Gasteiger partial charge on any atom is 0.223 e. The van der Waals surface area contributed by atoms with Gasteiger partial charge in [0.2, 0.25) is 5.91 Å². The molecule has 0 radical (unpaired) electrons. The van der Waals surface area contributed by atoms with Gasteiger partial charge in [0.25, 0.3) is 0 Å². The average Bonchev–Trinajstić information content (AvgIpc) is 2.18. The maximum absolute atomic E-state index is 11.7. The highest BCUT2D eigenvalue weighted by molar-refractivity contribution is 5.78. The lowest BCUT2D eigenvalue weighted by Gasteiger charge is -2.25. The van der Waals surface area contributed by atoms with Gasteiger partial charge < -0.3 is 16.2 Å². The summed E-state index contributed by atoms with van der Waals surface area (Å²) in [6.07, 6.45) is 4.00. The van der Waals surface area contributed by atoms with Crippen molar-refractivity contribution < 1.29 is 9.90 Å². The number of amides is 1. The second kappa shape index (κ2) is 6.08. The summed E-state index contributed by atoms with van der Waals surface area (Å²) < 4.78 is 0. The summed E-state index contributed by atoms with van der Waals surface area (Å²) in [6.45, 7) is 2.30. The molecule has 0 aliphatic heterocycles. The van der Waals surface area contributed by atoms with Crippen molar-refractivity contribution in [2.24, 2.45) is 11.7 Å². The topological polar surface area (TPSA) is 75.3 Å². The molecule has 4 heteroatoms. The second-order valence-corrected chi connectivity index (χ2v) is 4.54. The van der Waals surface area contributed by atoms with Gasteiger partial charge >= 0.3 is 0 Å². The SMILES string of the molecule is CC(O)CCNC(=O)C1CCC(N)CC1. The fourth-order valence-corrected chi connectivity index (χ4v) is 1.93. The van der Waals surface area contributed by atoms with Crippen LogP contribution in [0.2, 0.25) is 0 Å². The number of rotatable bonds is 4. The molecule has 0 aromatic rings. The van der Waals surface area contributed by atoms with E-state index in [0.29, 0.717) is 13.0 Å². The van der Waals surface area contributed by atoms with Crippen LogP contribution in [0.1, 0.15) is 39.0 Å². The summed E-state index contributed by atoms with van der Waals surface area (Å²) in [7, 11) is 0. The number of nitrogens with two attached hydrogens (primary N) is 1. The van der Waals surface area contributed by atoms with Gasteiger partial charge in [-0.05, 0) is 39.0 Å². The van der Waals surface area contributed by atoms with Gasteiger partial charge in [-0.2, -0.15) is 0 Å². The summed E-state index contributed by atoms with van der Waals surface area (Å²) in [6, 6.07) is 0.284. The molecule has 1 unspecified atom stereocenters. The minimum atomic E-state index is -0.343. The normalized spacial score (nSPS) is 28.5. The smallest absolute Gasteiger partial charge is 0.223 e. The van der Waals surface area contributed by atoms with Crippen molar-refractivity contribution in [1.29, 1.82) is 0 Å². The molecule has 0 saturated heterocycles. The number of hydrogen-bond donors (Lipinski definition) is 3. The zero-order valence-corrected chi connectivity index (χ0v) is 9.41. The summed E-state index contributed by atoms with van der Waals surface area (Å²) in [5.41, 5.74) is 5.77. The quantitative estimate of drug-likeness (QED) is 0.633. The third kappa shape index (κ3) is 4.62. The zero-order valence-electron chi connectivity index (χ0n) is 9.41. The van der Waals surface area contributed by atoms with Gasteiger partial charge in [0.05, 0.1) is 6.10 Å². The highest BCUT2D eigenvalue weighted by Gasteiger charge is 2.23. The molecule has 1 amide bonds. The highest BCUT2D eigenvalue weighted by atomic mass is 16.3. The van der Waals surface area contributed by atoms with E-state index in [2.05, 4.69) is 5.32 Å². The molecule has 4 N–H and O–H groups in total. The standard InChI is InChI=1S/C11H22N2O2/c1-8(14)6-7-13-11(15)9-2-4-10(12)5-3-9/h8-10,14H,2-7,12H2,1H3,(H,13,15). The van der Waals surface area contributed by atoms with Crippen LogP contribution < -0.4 is 11.1 Å². The first-order valence-corrected chi connectivity index (χ1v) is 5.81. The van der Waals surface area contributed by atoms with Crippen molar-refractivity contribution in [3.8, 4) is 0 Å². The first-order valence-electron chi connectivity index (χ1n) is 5.81. The first-order chi connectivity index (χ1) is 7.09. The van der Waals surface area contributed by atoms with Crippen LogP contribution in [0.3, 0.4) is 0 Å². The van der Waals surface area contributed by atoms with Crippen LogP contribution in [0.15, 0.2) is 0 Å². The predicted molar refractivity (Wildman–Crippen MR) is 59.2 cm³/mol. The van der Waals surface area contributed by atoms with E-state index in [9.17, 15) is 4.79 Å². The number of carbonyl (C=O) groups is 1. The van der Waals surface area contributed by atoms with E-state index in [1.54, 1.807) is 6.92 Å². The van der Waals surface area contributed by atoms with E-state index in [-0.39, 0.29) is 24.0 Å². The molecule has 0 aromatic carbocycles. The van der Waals surface area contributed by atoms with E-state index in [0.717, 1.165) is 25.7 Å². The molecule has 1 fully saturated rings. The fourth-order valence-electron chi connectivity index (χ4n) is 1.93. The Kier molecular flexibility index (Phi) is 5.05. The van der Waals surface area contributed by atoms with Gasteiger partial charge in [-0.15, -0.1) is 0 Å². The predicted octanol–water partition coefficient (Wildman–Crippen LogP) is 0.391. The van der Waals surface area contributed by atoms with Gasteiger partial charge in [0.15, 0.2) is 0 Å². The molecule has 0 bridgehead atoms. The number of aliphatic hydroxyl groups is 1. The van der Waals surface area contributed by atoms with Crippen LogP contribution in [0.4, 0.5) is 0 Å². The molecule has 1 atom stereocenters. The van der Waals surface area contributed by atoms with Gasteiger partial charge in [-0.25, -0.2) is 0 Å². The molecule has 1 aliphatic rings. The summed E-state index contributed by atoms with van der Waals surface area (Å²) in [4.78, 5) is 11.7. The molecule has 15 heavy (non-hydrogen) atoms. The molecule has 4 nitrogen and oxygen atoms in total. The van der Waals surface area contributed by atoms with Crippen molar-refractivity contribution in [1.82, 2.24) is 5.32 Å². The Hall–Kier alpha value is -0.610. The molecule has 88 valence electrons. The van der Waals surface area contributed by atoms with Crippen LogP contribution in [0.25, 0.3) is 0 Å². The number of hydrogen-bond acceptors (Lipinski definition) is 3. The third-order valence-corrected chi connectivity index (χ3v) is 3.00. The second-order valence-electron chi connectivity index (χ2n) is 4.54. The summed E-state index contributed by atoms with van der Waals surface area (Å²) >= 11 is 0. The lowest BCUT2D eigenvalue weighted by Crippen LogP contribution is -2.37. The Balaban J connectivity index is 2.17. The Labute approximate surface area is 91.2 Å². The Morgan fingerprint density at radius 1 is 1.47 bits per heavy atom. The van der Waals surface area contributed by atoms with E-state index in [1.807, 2.05) is 0 Å². The number of carbonyl (C=O) groups excluding carboxylic acids is 1. The van der Waals surface area contributed by atoms with Gasteiger partial charge in [0, 0.05) is 18.5 Å². The van der Waals surface area contributed by atoms with Crippen molar-refractivity contribution in [3.63, 3.8) is 0 Å². The van der Waals surface area contributed by atoms with Crippen molar-refractivity contribution in [2.75, 3.05) is 6.54 Å². The summed E-state index contributed by atoms with van der Waals surface area (Å²) in [5, 5.41) is 11.9. The van der Waals surface area contributed by atoms with Crippen LogP contribution in [-0.2, 0) is 4.79 Å². The molecule has 0 spiro atoms. The zero-order chi connectivity index (χ0) is 11.3. The lowest BCUT2D eigenvalue weighted by atomic mass is 9.86. The minimum Gasteiger partial charge on any atom is -0.393 e. The maximum atomic E-state index is 11.7. The fraction of sp³-hybridized carbons (Fsp3) is 0.909. The molecular formula is C11H22N2O2. The van der Waals surface area contributed by atoms with Crippen LogP contribution >= 0.6 is 0 Å². The average molecular weight is 214 g/mol. The molecule has 1 saturated carbocycles. The summed E-state index contributed by atoms with van der Waals surface area (Å²) in [5.74, 6) is 0.265. The number of aliphatic hydroxyl groups excluding tert-OH is 1. The van der Waals surface area contributed by atoms with E-state index >= 15 is 0 Å². The first kappa shape index (κ1) is 12.5. The molecule has 0 heterocycles. The van der Waals surface area contributed by atoms with Crippen LogP contribution in [-0.4, -0.2) is 29.7 Å². The molecule has 1 aliphatic carbocycles. The Bertz CT molecular complexity index is 199. The van der Waals surface area contributed by atoms with Crippen molar-refractivity contribution in [3.05, 3.63) is 0 Å². The Morgan fingerprint density at radius 2 is 2.07 bits per heavy atom. The lowest BCUT2D eigenvalue weighted by molar-refractivity contribution is -0.126. The van der Waals surface area contributed by atoms with E-state index < -0.39 is 0 Å². The van der Waals surface area contributed by atoms with Gasteiger partial charge in [-0.3, -0.25) is 4.79 Å². The van der Waals surface area contributed by atoms with Crippen molar-refractivity contribution in [2.45, 2.75) is 51.2 Å². The van der Waals surface area contributed by atoms with Gasteiger partial charge in [0.1, 0.15) is 0 Å². The number of nitrogens with one attached hydrogen (secondary N) is 1. The van der Waals surface area contributed by atoms with Crippen LogP contribution in [0, 0.1) is 5.92 Å². The molecular weight excluding hydrogens is 192 g/mol. The third-order valence-electron chi connectivity index (χ3n) is 3.00. The minimum absolute atomic E-state index is 0.127. The molecule has 1 rings (SSSR count). The monoisotopic (exact) mass is 214 g/mol. The van der Waals surface area contributed by atoms with Crippen LogP contribution in [0.5, 0.6) is 0 Å². The highest BCUT2D eigenvalue weighted by Crippen LogP contribution is 2.22. The van der Waals surface area contributed by atoms with Gasteiger partial charge in [-0.1, -0.05) is 0 Å².